The normalized spacial score (nSPS) is 15.2. The van der Waals surface area contributed by atoms with Gasteiger partial charge in [-0.2, -0.15) is 5.10 Å². The van der Waals surface area contributed by atoms with Gasteiger partial charge in [-0.1, -0.05) is 17.3 Å². The van der Waals surface area contributed by atoms with Gasteiger partial charge < -0.3 is 9.42 Å². The molecule has 3 heterocycles. The Hall–Kier alpha value is -2.93. The van der Waals surface area contributed by atoms with Gasteiger partial charge in [0.15, 0.2) is 5.76 Å². The molecule has 3 aromatic rings. The molecule has 0 saturated carbocycles. The van der Waals surface area contributed by atoms with Crippen LogP contribution >= 0.6 is 0 Å². The molecule has 0 atom stereocenters. The molecule has 0 bridgehead atoms. The molecule has 27 heavy (non-hydrogen) atoms. The van der Waals surface area contributed by atoms with E-state index >= 15 is 0 Å². The fourth-order valence-corrected chi connectivity index (χ4v) is 3.34. The van der Waals surface area contributed by atoms with E-state index in [2.05, 4.69) is 15.2 Å². The van der Waals surface area contributed by atoms with Gasteiger partial charge in [0.1, 0.15) is 0 Å². The average Bonchev–Trinajstić information content (AvgIpc) is 3.34. The van der Waals surface area contributed by atoms with Crippen molar-refractivity contribution in [3.63, 3.8) is 0 Å². The molecule has 0 spiro atoms. The fourth-order valence-electron chi connectivity index (χ4n) is 3.34. The summed E-state index contributed by atoms with van der Waals surface area (Å²) < 4.78 is 7.15. The molecule has 140 valence electrons. The number of carbonyl (C=O) groups is 1. The number of amides is 1. The maximum atomic E-state index is 12.8. The number of carbonyl (C=O) groups excluding carboxylic acids is 1. The lowest BCUT2D eigenvalue weighted by Gasteiger charge is -2.34. The number of rotatable bonds is 5. The molecule has 1 fully saturated rings. The van der Waals surface area contributed by atoms with Crippen LogP contribution in [0.15, 0.2) is 53.3 Å². The van der Waals surface area contributed by atoms with Crippen LogP contribution in [0, 0.1) is 6.92 Å². The summed E-state index contributed by atoms with van der Waals surface area (Å²) in [5.74, 6) is 0.968. The van der Waals surface area contributed by atoms with Gasteiger partial charge in [-0.25, -0.2) is 0 Å². The van der Waals surface area contributed by atoms with Crippen LogP contribution in [-0.2, 0) is 13.1 Å². The number of hydrogen-bond donors (Lipinski definition) is 0. The number of benzene rings is 1. The second kappa shape index (κ2) is 7.75. The van der Waals surface area contributed by atoms with E-state index in [0.717, 1.165) is 55.3 Å². The van der Waals surface area contributed by atoms with Crippen molar-refractivity contribution in [2.24, 2.45) is 0 Å². The van der Waals surface area contributed by atoms with Crippen LogP contribution in [0.3, 0.4) is 0 Å². The van der Waals surface area contributed by atoms with Crippen LogP contribution in [0.5, 0.6) is 0 Å². The monoisotopic (exact) mass is 365 g/mol. The number of hydrogen-bond acceptors (Lipinski definition) is 5. The largest absolute Gasteiger partial charge is 0.360 e. The molecular weight excluding hydrogens is 342 g/mol. The van der Waals surface area contributed by atoms with Crippen LogP contribution in [0.4, 0.5) is 0 Å². The summed E-state index contributed by atoms with van der Waals surface area (Å²) in [6.45, 7) is 6.49. The molecule has 7 nitrogen and oxygen atoms in total. The van der Waals surface area contributed by atoms with E-state index in [1.165, 1.54) is 0 Å². The standard InChI is InChI=1S/C20H23N5O2/c1-16-13-19(27-22-16)15-23-9-11-24(12-10-23)20(26)18-5-3-17(4-6-18)14-25-8-2-7-21-25/h2-8,13H,9-12,14-15H2,1H3. The first kappa shape index (κ1) is 17.5. The summed E-state index contributed by atoms with van der Waals surface area (Å²) in [5.41, 5.74) is 2.76. The van der Waals surface area contributed by atoms with E-state index in [0.29, 0.717) is 6.54 Å². The second-order valence-electron chi connectivity index (χ2n) is 6.90. The highest BCUT2D eigenvalue weighted by Gasteiger charge is 2.22. The molecule has 1 aliphatic rings. The van der Waals surface area contributed by atoms with Crippen LogP contribution < -0.4 is 0 Å². The van der Waals surface area contributed by atoms with Gasteiger partial charge in [0, 0.05) is 50.2 Å². The number of piperazine rings is 1. The van der Waals surface area contributed by atoms with Gasteiger partial charge in [0.25, 0.3) is 5.91 Å². The van der Waals surface area contributed by atoms with Crippen molar-refractivity contribution in [1.29, 1.82) is 0 Å². The van der Waals surface area contributed by atoms with Crippen LogP contribution in [0.25, 0.3) is 0 Å². The minimum Gasteiger partial charge on any atom is -0.360 e. The van der Waals surface area contributed by atoms with Gasteiger partial charge in [-0.05, 0) is 30.7 Å². The molecule has 1 aliphatic heterocycles. The average molecular weight is 365 g/mol. The van der Waals surface area contributed by atoms with E-state index in [1.807, 2.05) is 59.1 Å². The summed E-state index contributed by atoms with van der Waals surface area (Å²) in [6, 6.07) is 11.7. The Balaban J connectivity index is 1.31. The molecule has 2 aromatic heterocycles. The molecule has 0 radical (unpaired) electrons. The fraction of sp³-hybridized carbons (Fsp3) is 0.350. The first-order valence-corrected chi connectivity index (χ1v) is 9.17. The molecule has 0 N–H and O–H groups in total. The van der Waals surface area contributed by atoms with Crippen molar-refractivity contribution in [3.05, 3.63) is 71.4 Å². The Kier molecular flexibility index (Phi) is 5.02. The SMILES string of the molecule is Cc1cc(CN2CCN(C(=O)c3ccc(Cn4cccn4)cc3)CC2)on1. The zero-order chi connectivity index (χ0) is 18.6. The Labute approximate surface area is 158 Å². The lowest BCUT2D eigenvalue weighted by molar-refractivity contribution is 0.0617. The summed E-state index contributed by atoms with van der Waals surface area (Å²) in [6.07, 6.45) is 3.69. The molecular formula is C20H23N5O2. The first-order valence-electron chi connectivity index (χ1n) is 9.17. The van der Waals surface area contributed by atoms with Gasteiger partial charge >= 0.3 is 0 Å². The third-order valence-corrected chi connectivity index (χ3v) is 4.82. The third-order valence-electron chi connectivity index (χ3n) is 4.82. The highest BCUT2D eigenvalue weighted by molar-refractivity contribution is 5.94. The second-order valence-corrected chi connectivity index (χ2v) is 6.90. The van der Waals surface area contributed by atoms with E-state index in [1.54, 1.807) is 6.20 Å². The lowest BCUT2D eigenvalue weighted by atomic mass is 10.1. The van der Waals surface area contributed by atoms with Crippen LogP contribution in [0.2, 0.25) is 0 Å². The lowest BCUT2D eigenvalue weighted by Crippen LogP contribution is -2.48. The molecule has 1 amide bonds. The number of aromatic nitrogens is 3. The minimum atomic E-state index is 0.0933. The summed E-state index contributed by atoms with van der Waals surface area (Å²) in [7, 11) is 0. The molecule has 1 saturated heterocycles. The summed E-state index contributed by atoms with van der Waals surface area (Å²) in [5, 5.41) is 8.13. The van der Waals surface area contributed by atoms with Crippen molar-refractivity contribution in [1.82, 2.24) is 24.7 Å². The highest BCUT2D eigenvalue weighted by Crippen LogP contribution is 2.13. The quantitative estimate of drug-likeness (QED) is 0.693. The number of aryl methyl sites for hydroxylation is 1. The Morgan fingerprint density at radius 2 is 1.89 bits per heavy atom. The van der Waals surface area contributed by atoms with E-state index in [-0.39, 0.29) is 5.91 Å². The Morgan fingerprint density at radius 3 is 2.52 bits per heavy atom. The molecule has 0 unspecified atom stereocenters. The molecule has 1 aromatic carbocycles. The maximum absolute atomic E-state index is 12.8. The van der Waals surface area contributed by atoms with E-state index < -0.39 is 0 Å². The van der Waals surface area contributed by atoms with E-state index in [9.17, 15) is 4.79 Å². The van der Waals surface area contributed by atoms with Crippen LogP contribution in [0.1, 0.15) is 27.4 Å². The Bertz CT molecular complexity index is 878. The summed E-state index contributed by atoms with van der Waals surface area (Å²) >= 11 is 0. The molecule has 0 aliphatic carbocycles. The molecule has 7 heteroatoms. The predicted octanol–water partition coefficient (Wildman–Crippen LogP) is 2.19. The van der Waals surface area contributed by atoms with Gasteiger partial charge in [0.05, 0.1) is 18.8 Å². The van der Waals surface area contributed by atoms with Gasteiger partial charge in [-0.3, -0.25) is 14.4 Å². The smallest absolute Gasteiger partial charge is 0.253 e. The van der Waals surface area contributed by atoms with Gasteiger partial charge in [0.2, 0.25) is 0 Å². The van der Waals surface area contributed by atoms with Crippen molar-refractivity contribution >= 4 is 5.91 Å². The Morgan fingerprint density at radius 1 is 1.11 bits per heavy atom. The van der Waals surface area contributed by atoms with E-state index in [4.69, 9.17) is 4.52 Å². The highest BCUT2D eigenvalue weighted by atomic mass is 16.5. The van der Waals surface area contributed by atoms with Crippen molar-refractivity contribution in [2.75, 3.05) is 26.2 Å². The minimum absolute atomic E-state index is 0.0933. The third kappa shape index (κ3) is 4.25. The van der Waals surface area contributed by atoms with Crippen LogP contribution in [-0.4, -0.2) is 56.8 Å². The van der Waals surface area contributed by atoms with Crippen molar-refractivity contribution < 1.29 is 9.32 Å². The predicted molar refractivity (Wildman–Crippen MR) is 100 cm³/mol. The molecule has 4 rings (SSSR count). The maximum Gasteiger partial charge on any atom is 0.253 e. The zero-order valence-electron chi connectivity index (χ0n) is 15.4. The first-order chi connectivity index (χ1) is 13.2. The topological polar surface area (TPSA) is 67.4 Å². The van der Waals surface area contributed by atoms with Crippen molar-refractivity contribution in [2.45, 2.75) is 20.0 Å². The van der Waals surface area contributed by atoms with Crippen molar-refractivity contribution in [3.8, 4) is 0 Å². The van der Waals surface area contributed by atoms with Gasteiger partial charge in [-0.15, -0.1) is 0 Å². The zero-order valence-corrected chi connectivity index (χ0v) is 15.4. The summed E-state index contributed by atoms with van der Waals surface area (Å²) in [4.78, 5) is 17.0. The number of nitrogens with zero attached hydrogens (tertiary/aromatic N) is 5.